The predicted molar refractivity (Wildman–Crippen MR) is 88.7 cm³/mol. The first kappa shape index (κ1) is 17.1. The minimum atomic E-state index is -0.522. The maximum atomic E-state index is 13.0. The fraction of sp³-hybridized carbons (Fsp3) is 0.278. The van der Waals surface area contributed by atoms with Gasteiger partial charge in [-0.05, 0) is 36.8 Å². The van der Waals surface area contributed by atoms with E-state index in [1.54, 1.807) is 7.11 Å². The summed E-state index contributed by atoms with van der Waals surface area (Å²) in [4.78, 5) is 12.6. The molecule has 5 heteroatoms. The maximum absolute atomic E-state index is 13.0. The molecule has 122 valence electrons. The Balaban J connectivity index is 2.15. The standard InChI is InChI=1S/C18H21FN2O2/c1-13(12-23-2)20-17(14-6-4-3-5-7-14)18(22)21-16-10-8-15(19)9-11-16/h3-11,13,17,20H,12H2,1-2H3,(H,21,22)/t13-,17-/m1/s1. The number of carbonyl (C=O) groups excluding carboxylic acids is 1. The van der Waals surface area contributed by atoms with E-state index in [4.69, 9.17) is 4.74 Å². The first-order valence-electron chi connectivity index (χ1n) is 7.46. The highest BCUT2D eigenvalue weighted by Gasteiger charge is 2.22. The van der Waals surface area contributed by atoms with Gasteiger partial charge in [0.1, 0.15) is 11.9 Å². The minimum Gasteiger partial charge on any atom is -0.383 e. The van der Waals surface area contributed by atoms with Gasteiger partial charge in [0.05, 0.1) is 6.61 Å². The van der Waals surface area contributed by atoms with Crippen molar-refractivity contribution >= 4 is 11.6 Å². The molecule has 0 fully saturated rings. The van der Waals surface area contributed by atoms with Crippen molar-refractivity contribution in [3.8, 4) is 0 Å². The molecule has 0 aromatic heterocycles. The normalized spacial score (nSPS) is 13.3. The molecule has 2 aromatic carbocycles. The number of rotatable bonds is 7. The van der Waals surface area contributed by atoms with Crippen molar-refractivity contribution in [1.29, 1.82) is 0 Å². The fourth-order valence-corrected chi connectivity index (χ4v) is 2.30. The molecule has 23 heavy (non-hydrogen) atoms. The van der Waals surface area contributed by atoms with Crippen LogP contribution in [-0.2, 0) is 9.53 Å². The lowest BCUT2D eigenvalue weighted by atomic mass is 10.0. The smallest absolute Gasteiger partial charge is 0.246 e. The molecule has 0 aliphatic carbocycles. The van der Waals surface area contributed by atoms with Crippen LogP contribution in [0.4, 0.5) is 10.1 Å². The monoisotopic (exact) mass is 316 g/mol. The topological polar surface area (TPSA) is 50.4 Å². The number of hydrogen-bond acceptors (Lipinski definition) is 3. The summed E-state index contributed by atoms with van der Waals surface area (Å²) in [6.07, 6.45) is 0. The molecule has 1 amide bonds. The zero-order valence-electron chi connectivity index (χ0n) is 13.3. The SMILES string of the molecule is COC[C@@H](C)N[C@@H](C(=O)Nc1ccc(F)cc1)c1ccccc1. The van der Waals surface area contributed by atoms with E-state index in [-0.39, 0.29) is 17.8 Å². The van der Waals surface area contributed by atoms with Crippen LogP contribution in [0.3, 0.4) is 0 Å². The van der Waals surface area contributed by atoms with Crippen molar-refractivity contribution in [3.05, 3.63) is 66.0 Å². The van der Waals surface area contributed by atoms with E-state index in [0.29, 0.717) is 12.3 Å². The highest BCUT2D eigenvalue weighted by Crippen LogP contribution is 2.17. The van der Waals surface area contributed by atoms with Crippen LogP contribution in [0.5, 0.6) is 0 Å². The number of amides is 1. The Morgan fingerprint density at radius 3 is 2.39 bits per heavy atom. The van der Waals surface area contributed by atoms with Crippen LogP contribution in [0, 0.1) is 5.82 Å². The Kier molecular flexibility index (Phi) is 6.26. The van der Waals surface area contributed by atoms with Gasteiger partial charge in [0.2, 0.25) is 5.91 Å². The molecule has 2 aromatic rings. The number of methoxy groups -OCH3 is 1. The van der Waals surface area contributed by atoms with E-state index in [0.717, 1.165) is 5.56 Å². The molecule has 0 saturated carbocycles. The average Bonchev–Trinajstić information content (AvgIpc) is 2.56. The molecule has 0 radical (unpaired) electrons. The molecule has 0 aliphatic rings. The Hall–Kier alpha value is -2.24. The predicted octanol–water partition coefficient (Wildman–Crippen LogP) is 3.13. The fourth-order valence-electron chi connectivity index (χ4n) is 2.30. The summed E-state index contributed by atoms with van der Waals surface area (Å²) < 4.78 is 18.1. The molecule has 0 aliphatic heterocycles. The van der Waals surface area contributed by atoms with Crippen LogP contribution in [0.25, 0.3) is 0 Å². The van der Waals surface area contributed by atoms with E-state index < -0.39 is 6.04 Å². The Labute approximate surface area is 135 Å². The minimum absolute atomic E-state index is 0.00386. The van der Waals surface area contributed by atoms with Crippen molar-refractivity contribution in [1.82, 2.24) is 5.32 Å². The van der Waals surface area contributed by atoms with E-state index in [2.05, 4.69) is 10.6 Å². The molecule has 0 saturated heterocycles. The summed E-state index contributed by atoms with van der Waals surface area (Å²) in [5, 5.41) is 6.06. The second-order valence-electron chi connectivity index (χ2n) is 5.36. The van der Waals surface area contributed by atoms with Crippen molar-refractivity contribution in [2.75, 3.05) is 19.0 Å². The van der Waals surface area contributed by atoms with Gasteiger partial charge in [-0.25, -0.2) is 4.39 Å². The van der Waals surface area contributed by atoms with Crippen LogP contribution in [0.1, 0.15) is 18.5 Å². The van der Waals surface area contributed by atoms with Gasteiger partial charge in [-0.3, -0.25) is 10.1 Å². The molecule has 0 bridgehead atoms. The van der Waals surface area contributed by atoms with Gasteiger partial charge in [-0.2, -0.15) is 0 Å². The van der Waals surface area contributed by atoms with Crippen LogP contribution in [0.15, 0.2) is 54.6 Å². The lowest BCUT2D eigenvalue weighted by Gasteiger charge is -2.23. The van der Waals surface area contributed by atoms with Gasteiger partial charge in [-0.1, -0.05) is 30.3 Å². The van der Waals surface area contributed by atoms with Gasteiger partial charge in [0.25, 0.3) is 0 Å². The zero-order valence-corrected chi connectivity index (χ0v) is 13.3. The third-order valence-electron chi connectivity index (χ3n) is 3.37. The number of ether oxygens (including phenoxy) is 1. The van der Waals surface area contributed by atoms with E-state index in [1.807, 2.05) is 37.3 Å². The molecular formula is C18H21FN2O2. The third-order valence-corrected chi connectivity index (χ3v) is 3.37. The largest absolute Gasteiger partial charge is 0.383 e. The molecule has 2 rings (SSSR count). The summed E-state index contributed by atoms with van der Waals surface area (Å²) >= 11 is 0. The lowest BCUT2D eigenvalue weighted by Crippen LogP contribution is -2.40. The van der Waals surface area contributed by atoms with E-state index >= 15 is 0 Å². The number of hydrogen-bond donors (Lipinski definition) is 2. The quantitative estimate of drug-likeness (QED) is 0.825. The first-order valence-corrected chi connectivity index (χ1v) is 7.46. The summed E-state index contributed by atoms with van der Waals surface area (Å²) in [7, 11) is 1.62. The summed E-state index contributed by atoms with van der Waals surface area (Å²) in [6, 6.07) is 14.6. The Bertz CT molecular complexity index is 617. The second-order valence-corrected chi connectivity index (χ2v) is 5.36. The molecular weight excluding hydrogens is 295 g/mol. The summed E-state index contributed by atoms with van der Waals surface area (Å²) in [6.45, 7) is 2.44. The van der Waals surface area contributed by atoms with Crippen molar-refractivity contribution < 1.29 is 13.9 Å². The van der Waals surface area contributed by atoms with Crippen molar-refractivity contribution in [2.45, 2.75) is 19.0 Å². The summed E-state index contributed by atoms with van der Waals surface area (Å²) in [5.74, 6) is -0.541. The first-order chi connectivity index (χ1) is 11.1. The van der Waals surface area contributed by atoms with Gasteiger partial charge < -0.3 is 10.1 Å². The van der Waals surface area contributed by atoms with E-state index in [1.165, 1.54) is 24.3 Å². The van der Waals surface area contributed by atoms with Gasteiger partial charge in [-0.15, -0.1) is 0 Å². The van der Waals surface area contributed by atoms with Crippen LogP contribution >= 0.6 is 0 Å². The van der Waals surface area contributed by atoms with Crippen molar-refractivity contribution in [3.63, 3.8) is 0 Å². The van der Waals surface area contributed by atoms with Gasteiger partial charge in [0.15, 0.2) is 0 Å². The molecule has 0 unspecified atom stereocenters. The molecule has 0 spiro atoms. The highest BCUT2D eigenvalue weighted by atomic mass is 19.1. The van der Waals surface area contributed by atoms with Crippen LogP contribution in [-0.4, -0.2) is 25.7 Å². The molecule has 4 nitrogen and oxygen atoms in total. The molecule has 2 atom stereocenters. The zero-order chi connectivity index (χ0) is 16.7. The number of benzene rings is 2. The van der Waals surface area contributed by atoms with Crippen molar-refractivity contribution in [2.24, 2.45) is 0 Å². The summed E-state index contributed by atoms with van der Waals surface area (Å²) in [5.41, 5.74) is 1.41. The van der Waals surface area contributed by atoms with E-state index in [9.17, 15) is 9.18 Å². The van der Waals surface area contributed by atoms with Crippen LogP contribution < -0.4 is 10.6 Å². The molecule has 2 N–H and O–H groups in total. The average molecular weight is 316 g/mol. The Morgan fingerprint density at radius 1 is 1.13 bits per heavy atom. The number of nitrogens with one attached hydrogen (secondary N) is 2. The van der Waals surface area contributed by atoms with Crippen LogP contribution in [0.2, 0.25) is 0 Å². The number of anilines is 1. The van der Waals surface area contributed by atoms with Gasteiger partial charge in [0, 0.05) is 18.8 Å². The Morgan fingerprint density at radius 2 is 1.78 bits per heavy atom. The number of carbonyl (C=O) groups is 1. The maximum Gasteiger partial charge on any atom is 0.246 e. The lowest BCUT2D eigenvalue weighted by molar-refractivity contribution is -0.118. The highest BCUT2D eigenvalue weighted by molar-refractivity contribution is 5.95. The number of halogens is 1. The van der Waals surface area contributed by atoms with Gasteiger partial charge >= 0.3 is 0 Å². The second kappa shape index (κ2) is 8.41. The molecule has 0 heterocycles. The third kappa shape index (κ3) is 5.16.